The highest BCUT2D eigenvalue weighted by molar-refractivity contribution is 5.92. The van der Waals surface area contributed by atoms with Gasteiger partial charge < -0.3 is 15.0 Å². The topological polar surface area (TPSA) is 84.4 Å². The second-order valence-corrected chi connectivity index (χ2v) is 5.36. The van der Waals surface area contributed by atoms with Gasteiger partial charge in [0.05, 0.1) is 6.20 Å². The Balaban J connectivity index is 2.61. The molecule has 0 bridgehead atoms. The molecule has 0 aromatic carbocycles. The predicted molar refractivity (Wildman–Crippen MR) is 86.9 cm³/mol. The van der Waals surface area contributed by atoms with Gasteiger partial charge in [-0.15, -0.1) is 0 Å². The molecule has 1 aromatic rings. The van der Waals surface area contributed by atoms with Crippen LogP contribution in [-0.4, -0.2) is 59.5 Å². The van der Waals surface area contributed by atoms with Gasteiger partial charge in [0.2, 0.25) is 5.91 Å². The van der Waals surface area contributed by atoms with Crippen molar-refractivity contribution in [3.8, 4) is 0 Å². The Morgan fingerprint density at radius 3 is 2.74 bits per heavy atom. The molecule has 0 fully saturated rings. The molecular weight excluding hydrogens is 296 g/mol. The van der Waals surface area contributed by atoms with Crippen molar-refractivity contribution in [1.82, 2.24) is 20.2 Å². The van der Waals surface area contributed by atoms with Gasteiger partial charge in [0, 0.05) is 51.7 Å². The Bertz CT molecular complexity index is 481. The summed E-state index contributed by atoms with van der Waals surface area (Å²) in [5.74, 6) is -0.270. The predicted octanol–water partition coefficient (Wildman–Crippen LogP) is 1.26. The van der Waals surface area contributed by atoms with Crippen molar-refractivity contribution in [1.29, 1.82) is 0 Å². The summed E-state index contributed by atoms with van der Waals surface area (Å²) < 4.78 is 5.03. The quantitative estimate of drug-likeness (QED) is 0.656. The lowest BCUT2D eigenvalue weighted by atomic mass is 10.2. The molecule has 128 valence electrons. The third-order valence-corrected chi connectivity index (χ3v) is 3.47. The molecule has 23 heavy (non-hydrogen) atoms. The number of hydrogen-bond acceptors (Lipinski definition) is 5. The van der Waals surface area contributed by atoms with E-state index in [-0.39, 0.29) is 30.0 Å². The van der Waals surface area contributed by atoms with Crippen LogP contribution in [0.25, 0.3) is 0 Å². The fourth-order valence-corrected chi connectivity index (χ4v) is 1.97. The lowest BCUT2D eigenvalue weighted by Gasteiger charge is -2.22. The van der Waals surface area contributed by atoms with Gasteiger partial charge in [0.15, 0.2) is 0 Å². The monoisotopic (exact) mass is 322 g/mol. The van der Waals surface area contributed by atoms with E-state index < -0.39 is 0 Å². The number of methoxy groups -OCH3 is 1. The summed E-state index contributed by atoms with van der Waals surface area (Å²) >= 11 is 0. The zero-order valence-corrected chi connectivity index (χ0v) is 14.1. The van der Waals surface area contributed by atoms with Crippen LogP contribution in [0.15, 0.2) is 18.6 Å². The fourth-order valence-electron chi connectivity index (χ4n) is 1.97. The minimum absolute atomic E-state index is 0.0527. The molecule has 1 atom stereocenters. The van der Waals surface area contributed by atoms with Gasteiger partial charge in [-0.1, -0.05) is 6.92 Å². The largest absolute Gasteiger partial charge is 0.385 e. The second-order valence-electron chi connectivity index (χ2n) is 5.36. The number of carbonyl (C=O) groups excluding carboxylic acids is 2. The molecule has 2 amide bonds. The van der Waals surface area contributed by atoms with Crippen LogP contribution in [0, 0.1) is 0 Å². The van der Waals surface area contributed by atoms with Crippen LogP contribution in [0.5, 0.6) is 0 Å². The summed E-state index contributed by atoms with van der Waals surface area (Å²) in [4.78, 5) is 34.0. The second kappa shape index (κ2) is 10.7. The lowest BCUT2D eigenvalue weighted by Crippen LogP contribution is -2.38. The zero-order chi connectivity index (χ0) is 17.1. The van der Waals surface area contributed by atoms with Gasteiger partial charge in [0.1, 0.15) is 5.69 Å². The first-order valence-corrected chi connectivity index (χ1v) is 7.92. The van der Waals surface area contributed by atoms with Crippen molar-refractivity contribution in [3.63, 3.8) is 0 Å². The number of nitrogens with one attached hydrogen (secondary N) is 1. The molecule has 1 N–H and O–H groups in total. The van der Waals surface area contributed by atoms with E-state index in [0.717, 1.165) is 6.42 Å². The van der Waals surface area contributed by atoms with Crippen LogP contribution in [0.1, 0.15) is 43.6 Å². The first kappa shape index (κ1) is 19.0. The Kier molecular flexibility index (Phi) is 8.82. The molecule has 0 saturated carbocycles. The Labute approximate surface area is 137 Å². The minimum Gasteiger partial charge on any atom is -0.385 e. The molecule has 0 spiro atoms. The van der Waals surface area contributed by atoms with E-state index in [9.17, 15) is 9.59 Å². The number of aromatic nitrogens is 2. The molecule has 1 unspecified atom stereocenters. The number of hydrogen-bond donors (Lipinski definition) is 1. The third-order valence-electron chi connectivity index (χ3n) is 3.47. The maximum atomic E-state index is 12.5. The van der Waals surface area contributed by atoms with Crippen LogP contribution >= 0.6 is 0 Å². The van der Waals surface area contributed by atoms with E-state index in [1.165, 1.54) is 18.6 Å². The summed E-state index contributed by atoms with van der Waals surface area (Å²) in [7, 11) is 1.62. The molecule has 0 radical (unpaired) electrons. The van der Waals surface area contributed by atoms with Gasteiger partial charge in [-0.05, 0) is 19.8 Å². The zero-order valence-electron chi connectivity index (χ0n) is 14.1. The summed E-state index contributed by atoms with van der Waals surface area (Å²) in [5.41, 5.74) is 0.284. The van der Waals surface area contributed by atoms with Gasteiger partial charge in [-0.25, -0.2) is 4.98 Å². The lowest BCUT2D eigenvalue weighted by molar-refractivity contribution is -0.121. The summed E-state index contributed by atoms with van der Waals surface area (Å²) in [6.45, 7) is 5.39. The van der Waals surface area contributed by atoms with Crippen molar-refractivity contribution in [2.45, 2.75) is 39.2 Å². The van der Waals surface area contributed by atoms with E-state index in [4.69, 9.17) is 4.74 Å². The number of rotatable bonds is 10. The minimum atomic E-state index is -0.217. The SMILES string of the molecule is CCC(C)NC(=O)CCN(CCCOC)C(=O)c1cnccn1. The van der Waals surface area contributed by atoms with Crippen molar-refractivity contribution >= 4 is 11.8 Å². The van der Waals surface area contributed by atoms with Gasteiger partial charge in [-0.3, -0.25) is 14.6 Å². The standard InChI is InChI=1S/C16H26N4O3/c1-4-13(2)19-15(21)6-10-20(9-5-11-23-3)16(22)14-12-17-7-8-18-14/h7-8,12-13H,4-6,9-11H2,1-3H3,(H,19,21). The first-order chi connectivity index (χ1) is 11.1. The van der Waals surface area contributed by atoms with Crippen molar-refractivity contribution in [2.24, 2.45) is 0 Å². The molecule has 1 aromatic heterocycles. The van der Waals surface area contributed by atoms with Gasteiger partial charge >= 0.3 is 0 Å². The van der Waals surface area contributed by atoms with E-state index in [1.807, 2.05) is 13.8 Å². The molecule has 1 rings (SSSR count). The maximum Gasteiger partial charge on any atom is 0.274 e. The van der Waals surface area contributed by atoms with E-state index in [2.05, 4.69) is 15.3 Å². The summed E-state index contributed by atoms with van der Waals surface area (Å²) in [6.07, 6.45) is 6.29. The van der Waals surface area contributed by atoms with Gasteiger partial charge in [0.25, 0.3) is 5.91 Å². The molecule has 7 nitrogen and oxygen atoms in total. The third kappa shape index (κ3) is 7.19. The van der Waals surface area contributed by atoms with Crippen LogP contribution in [0.2, 0.25) is 0 Å². The molecule has 0 aliphatic heterocycles. The molecule has 1 heterocycles. The van der Waals surface area contributed by atoms with Crippen molar-refractivity contribution < 1.29 is 14.3 Å². The molecule has 7 heteroatoms. The maximum absolute atomic E-state index is 12.5. The van der Waals surface area contributed by atoms with E-state index in [1.54, 1.807) is 12.0 Å². The van der Waals surface area contributed by atoms with E-state index in [0.29, 0.717) is 26.1 Å². The molecule has 0 saturated heterocycles. The van der Waals surface area contributed by atoms with Crippen LogP contribution in [0.4, 0.5) is 0 Å². The highest BCUT2D eigenvalue weighted by Crippen LogP contribution is 2.03. The Hall–Kier alpha value is -2.02. The summed E-state index contributed by atoms with van der Waals surface area (Å²) in [5, 5.41) is 2.90. The van der Waals surface area contributed by atoms with Crippen LogP contribution in [0.3, 0.4) is 0 Å². The average Bonchev–Trinajstić information content (AvgIpc) is 2.58. The highest BCUT2D eigenvalue weighted by Gasteiger charge is 2.18. The number of carbonyl (C=O) groups is 2. The van der Waals surface area contributed by atoms with Gasteiger partial charge in [-0.2, -0.15) is 0 Å². The fraction of sp³-hybridized carbons (Fsp3) is 0.625. The Morgan fingerprint density at radius 2 is 2.13 bits per heavy atom. The molecular formula is C16H26N4O3. The first-order valence-electron chi connectivity index (χ1n) is 7.92. The highest BCUT2D eigenvalue weighted by atomic mass is 16.5. The smallest absolute Gasteiger partial charge is 0.274 e. The normalized spacial score (nSPS) is 11.8. The summed E-state index contributed by atoms with van der Waals surface area (Å²) in [6, 6.07) is 0.139. The molecule has 0 aliphatic carbocycles. The van der Waals surface area contributed by atoms with Crippen LogP contribution < -0.4 is 5.32 Å². The number of amides is 2. The number of nitrogens with zero attached hydrogens (tertiary/aromatic N) is 3. The van der Waals surface area contributed by atoms with Crippen molar-refractivity contribution in [3.05, 3.63) is 24.3 Å². The number of ether oxygens (including phenoxy) is 1. The van der Waals surface area contributed by atoms with E-state index >= 15 is 0 Å². The van der Waals surface area contributed by atoms with Crippen molar-refractivity contribution in [2.75, 3.05) is 26.8 Å². The van der Waals surface area contributed by atoms with Crippen LogP contribution in [-0.2, 0) is 9.53 Å². The Morgan fingerprint density at radius 1 is 1.35 bits per heavy atom. The molecule has 0 aliphatic rings. The average molecular weight is 322 g/mol.